The van der Waals surface area contributed by atoms with E-state index in [1.54, 1.807) is 12.4 Å². The lowest BCUT2D eigenvalue weighted by Crippen LogP contribution is -2.47. The first-order chi connectivity index (χ1) is 16.7. The van der Waals surface area contributed by atoms with E-state index in [4.69, 9.17) is 9.97 Å². The van der Waals surface area contributed by atoms with Crippen molar-refractivity contribution in [1.29, 1.82) is 0 Å². The number of nitrogens with zero attached hydrogens (tertiary/aromatic N) is 7. The molecule has 1 aliphatic heterocycles. The molecule has 1 saturated heterocycles. The number of anilines is 3. The van der Waals surface area contributed by atoms with Crippen LogP contribution in [0.3, 0.4) is 0 Å². The van der Waals surface area contributed by atoms with Crippen molar-refractivity contribution in [3.63, 3.8) is 0 Å². The molecule has 4 aromatic heterocycles. The van der Waals surface area contributed by atoms with Gasteiger partial charge in [-0.05, 0) is 69.8 Å². The fourth-order valence-electron chi connectivity index (χ4n) is 4.95. The number of rotatable bonds is 6. The lowest BCUT2D eigenvalue weighted by molar-refractivity contribution is 0.0888. The summed E-state index contributed by atoms with van der Waals surface area (Å²) in [5.74, 6) is 0.691. The molecule has 0 unspecified atom stereocenters. The first-order valence-corrected chi connectivity index (χ1v) is 12.1. The molecule has 0 aromatic carbocycles. The third-order valence-corrected chi connectivity index (χ3v) is 6.95. The van der Waals surface area contributed by atoms with Crippen LogP contribution in [-0.4, -0.2) is 59.4 Å². The molecule has 0 spiro atoms. The zero-order valence-electron chi connectivity index (χ0n) is 19.4. The van der Waals surface area contributed by atoms with Gasteiger partial charge in [0.05, 0.1) is 29.5 Å². The molecule has 5 heterocycles. The van der Waals surface area contributed by atoms with Crippen molar-refractivity contribution in [2.24, 2.45) is 0 Å². The molecule has 0 amide bonds. The van der Waals surface area contributed by atoms with Gasteiger partial charge in [-0.2, -0.15) is 0 Å². The zero-order chi connectivity index (χ0) is 22.9. The van der Waals surface area contributed by atoms with Crippen molar-refractivity contribution in [2.75, 3.05) is 23.7 Å². The number of fused-ring (bicyclic) bond motifs is 1. The average Bonchev–Trinajstić information content (AvgIpc) is 3.24. The highest BCUT2D eigenvalue weighted by Crippen LogP contribution is 2.29. The second-order valence-corrected chi connectivity index (χ2v) is 9.33. The topological polar surface area (TPSA) is 96.2 Å². The fourth-order valence-corrected chi connectivity index (χ4v) is 4.95. The molecule has 1 saturated carbocycles. The van der Waals surface area contributed by atoms with Gasteiger partial charge >= 0.3 is 0 Å². The molecule has 6 rings (SSSR count). The number of imidazole rings is 1. The van der Waals surface area contributed by atoms with Crippen molar-refractivity contribution < 1.29 is 0 Å². The summed E-state index contributed by atoms with van der Waals surface area (Å²) in [7, 11) is 0. The van der Waals surface area contributed by atoms with Crippen LogP contribution in [0, 0.1) is 6.92 Å². The standard InChI is InChI=1S/C25H29N9/c1-17-11-28-25(30-18-3-6-21(7-4-18)33-9-2-10-33)32-24(17)22-15-34-14-19(5-8-23(34)31-22)29-20-12-26-16-27-13-20/h5,8,11-16,18,21,29H,2-4,6-7,9-10H2,1H3,(H,28,30,32). The summed E-state index contributed by atoms with van der Waals surface area (Å²) in [4.78, 5) is 25.0. The van der Waals surface area contributed by atoms with Crippen LogP contribution in [0.4, 0.5) is 17.3 Å². The van der Waals surface area contributed by atoms with E-state index in [-0.39, 0.29) is 0 Å². The third kappa shape index (κ3) is 4.31. The molecule has 9 heteroatoms. The van der Waals surface area contributed by atoms with Crippen molar-refractivity contribution >= 4 is 23.0 Å². The van der Waals surface area contributed by atoms with E-state index in [1.165, 1.54) is 51.5 Å². The number of aromatic nitrogens is 6. The summed E-state index contributed by atoms with van der Waals surface area (Å²) in [5.41, 5.74) is 5.34. The second-order valence-electron chi connectivity index (χ2n) is 9.33. The van der Waals surface area contributed by atoms with Crippen LogP contribution in [0.15, 0.2) is 49.4 Å². The minimum atomic E-state index is 0.435. The minimum absolute atomic E-state index is 0.435. The van der Waals surface area contributed by atoms with Gasteiger partial charge in [0.25, 0.3) is 0 Å². The molecule has 9 nitrogen and oxygen atoms in total. The molecule has 0 radical (unpaired) electrons. The lowest BCUT2D eigenvalue weighted by Gasteiger charge is -2.42. The predicted octanol–water partition coefficient (Wildman–Crippen LogP) is 4.06. The van der Waals surface area contributed by atoms with Gasteiger partial charge in [-0.1, -0.05) is 0 Å². The largest absolute Gasteiger partial charge is 0.352 e. The Hall–Kier alpha value is -3.59. The molecule has 1 aliphatic carbocycles. The normalized spacial score (nSPS) is 20.7. The van der Waals surface area contributed by atoms with Crippen molar-refractivity contribution in [3.05, 3.63) is 55.0 Å². The van der Waals surface area contributed by atoms with E-state index in [0.29, 0.717) is 12.0 Å². The molecule has 174 valence electrons. The van der Waals surface area contributed by atoms with E-state index >= 15 is 0 Å². The SMILES string of the molecule is Cc1cnc(NC2CCC(N3CCC3)CC2)nc1-c1cn2cc(Nc3cncnc3)ccc2n1. The van der Waals surface area contributed by atoms with Gasteiger partial charge in [0, 0.05) is 30.7 Å². The van der Waals surface area contributed by atoms with Gasteiger partial charge in [-0.15, -0.1) is 0 Å². The van der Waals surface area contributed by atoms with Crippen LogP contribution in [-0.2, 0) is 0 Å². The van der Waals surface area contributed by atoms with E-state index < -0.39 is 0 Å². The van der Waals surface area contributed by atoms with Crippen molar-refractivity contribution in [2.45, 2.75) is 51.1 Å². The monoisotopic (exact) mass is 455 g/mol. The Morgan fingerprint density at radius 2 is 1.74 bits per heavy atom. The quantitative estimate of drug-likeness (QED) is 0.449. The Kier molecular flexibility index (Phi) is 5.54. The van der Waals surface area contributed by atoms with E-state index in [9.17, 15) is 0 Å². The molecule has 0 bridgehead atoms. The van der Waals surface area contributed by atoms with E-state index in [1.807, 2.05) is 42.0 Å². The van der Waals surface area contributed by atoms with Crippen LogP contribution in [0.1, 0.15) is 37.7 Å². The summed E-state index contributed by atoms with van der Waals surface area (Å²) in [6, 6.07) is 5.19. The number of aryl methyl sites for hydroxylation is 1. The Balaban J connectivity index is 1.18. The van der Waals surface area contributed by atoms with Gasteiger partial charge in [-0.25, -0.2) is 24.9 Å². The molecule has 2 aliphatic rings. The second kappa shape index (κ2) is 8.98. The van der Waals surface area contributed by atoms with Crippen molar-refractivity contribution in [3.8, 4) is 11.4 Å². The van der Waals surface area contributed by atoms with Gasteiger partial charge < -0.3 is 19.9 Å². The summed E-state index contributed by atoms with van der Waals surface area (Å²) in [5, 5.41) is 6.90. The summed E-state index contributed by atoms with van der Waals surface area (Å²) >= 11 is 0. The molecular formula is C25H29N9. The third-order valence-electron chi connectivity index (χ3n) is 6.95. The highest BCUT2D eigenvalue weighted by atomic mass is 15.2. The number of hydrogen-bond donors (Lipinski definition) is 2. The average molecular weight is 456 g/mol. The highest BCUT2D eigenvalue weighted by molar-refractivity contribution is 5.65. The maximum Gasteiger partial charge on any atom is 0.223 e. The first kappa shape index (κ1) is 21.0. The minimum Gasteiger partial charge on any atom is -0.352 e. The fraction of sp³-hybridized carbons (Fsp3) is 0.400. The number of nitrogens with one attached hydrogen (secondary N) is 2. The Morgan fingerprint density at radius 3 is 2.50 bits per heavy atom. The molecule has 4 aromatic rings. The number of pyridine rings is 1. The molecule has 2 fully saturated rings. The zero-order valence-corrected chi connectivity index (χ0v) is 19.4. The van der Waals surface area contributed by atoms with Crippen LogP contribution in [0.25, 0.3) is 17.0 Å². The van der Waals surface area contributed by atoms with Gasteiger partial charge in [0.15, 0.2) is 0 Å². The molecule has 2 N–H and O–H groups in total. The summed E-state index contributed by atoms with van der Waals surface area (Å²) in [6.45, 7) is 4.60. The molecule has 34 heavy (non-hydrogen) atoms. The van der Waals surface area contributed by atoms with Crippen molar-refractivity contribution in [1.82, 2.24) is 34.2 Å². The van der Waals surface area contributed by atoms with E-state index in [0.717, 1.165) is 40.0 Å². The van der Waals surface area contributed by atoms with E-state index in [2.05, 4.69) is 30.5 Å². The van der Waals surface area contributed by atoms with Crippen LogP contribution < -0.4 is 10.6 Å². The number of likely N-dealkylation sites (tertiary alicyclic amines) is 1. The first-order valence-electron chi connectivity index (χ1n) is 12.1. The highest BCUT2D eigenvalue weighted by Gasteiger charge is 2.29. The summed E-state index contributed by atoms with van der Waals surface area (Å²) < 4.78 is 2.01. The van der Waals surface area contributed by atoms with Crippen LogP contribution in [0.5, 0.6) is 0 Å². The lowest BCUT2D eigenvalue weighted by atomic mass is 9.89. The van der Waals surface area contributed by atoms with Crippen LogP contribution >= 0.6 is 0 Å². The van der Waals surface area contributed by atoms with Gasteiger partial charge in [0.1, 0.15) is 17.7 Å². The maximum absolute atomic E-state index is 4.86. The predicted molar refractivity (Wildman–Crippen MR) is 132 cm³/mol. The molecular weight excluding hydrogens is 426 g/mol. The van der Waals surface area contributed by atoms with Crippen LogP contribution in [0.2, 0.25) is 0 Å². The smallest absolute Gasteiger partial charge is 0.223 e. The number of hydrogen-bond acceptors (Lipinski definition) is 8. The molecule has 0 atom stereocenters. The Bertz CT molecular complexity index is 1270. The summed E-state index contributed by atoms with van der Waals surface area (Å²) in [6.07, 6.45) is 17.1. The van der Waals surface area contributed by atoms with Gasteiger partial charge in [-0.3, -0.25) is 0 Å². The van der Waals surface area contributed by atoms with Gasteiger partial charge in [0.2, 0.25) is 5.95 Å². The Labute approximate surface area is 198 Å². The maximum atomic E-state index is 4.86. The Morgan fingerprint density at radius 1 is 0.912 bits per heavy atom.